The van der Waals surface area contributed by atoms with Crippen molar-refractivity contribution >= 4 is 11.9 Å². The van der Waals surface area contributed by atoms with E-state index < -0.39 is 0 Å². The molecule has 0 radical (unpaired) electrons. The molecule has 1 aromatic rings. The van der Waals surface area contributed by atoms with E-state index in [0.717, 1.165) is 24.0 Å². The van der Waals surface area contributed by atoms with Gasteiger partial charge in [-0.2, -0.15) is 0 Å². The molecule has 0 spiro atoms. The molecule has 0 aliphatic heterocycles. The Hall–Kier alpha value is -1.41. The van der Waals surface area contributed by atoms with E-state index >= 15 is 0 Å². The summed E-state index contributed by atoms with van der Waals surface area (Å²) in [4.78, 5) is 11.8. The van der Waals surface area contributed by atoms with Gasteiger partial charge in [-0.05, 0) is 30.1 Å². The molecule has 0 bridgehead atoms. The summed E-state index contributed by atoms with van der Waals surface area (Å²) in [6, 6.07) is 9.98. The van der Waals surface area contributed by atoms with Crippen LogP contribution in [0.1, 0.15) is 24.8 Å². The lowest BCUT2D eigenvalue weighted by atomic mass is 9.90. The van der Waals surface area contributed by atoms with Crippen molar-refractivity contribution in [1.82, 2.24) is 0 Å². The highest BCUT2D eigenvalue weighted by atomic mass is 16.5. The van der Waals surface area contributed by atoms with E-state index in [2.05, 4.69) is 0 Å². The normalized spacial score (nSPS) is 23.7. The maximum absolute atomic E-state index is 11.8. The van der Waals surface area contributed by atoms with Crippen LogP contribution in [0.15, 0.2) is 35.9 Å². The molecule has 1 aromatic carbocycles. The molecule has 1 aliphatic rings. The third-order valence-electron chi connectivity index (χ3n) is 2.98. The molecular formula is C14H16O2. The molecule has 0 N–H and O–H groups in total. The smallest absolute Gasteiger partial charge is 0.161 e. The highest BCUT2D eigenvalue weighted by Crippen LogP contribution is 2.24. The molecule has 0 aromatic heterocycles. The Morgan fingerprint density at radius 2 is 2.06 bits per heavy atom. The van der Waals surface area contributed by atoms with Gasteiger partial charge in [0.15, 0.2) is 5.78 Å². The highest BCUT2D eigenvalue weighted by Gasteiger charge is 2.22. The van der Waals surface area contributed by atoms with E-state index in [1.54, 1.807) is 7.11 Å². The maximum Gasteiger partial charge on any atom is 0.161 e. The van der Waals surface area contributed by atoms with E-state index in [4.69, 9.17) is 4.74 Å². The predicted octanol–water partition coefficient (Wildman–Crippen LogP) is 2.84. The molecule has 0 heterocycles. The standard InChI is InChI=1S/C14H16O2/c1-16-13-8-7-12(14(15)10-13)9-11-5-3-2-4-6-11/h2-6,9,13H,7-8,10H2,1H3/b12-9-. The Kier molecular flexibility index (Phi) is 3.52. The van der Waals surface area contributed by atoms with Gasteiger partial charge in [-0.25, -0.2) is 0 Å². The second kappa shape index (κ2) is 5.08. The third kappa shape index (κ3) is 2.58. The number of hydrogen-bond acceptors (Lipinski definition) is 2. The van der Waals surface area contributed by atoms with Crippen LogP contribution in [0.2, 0.25) is 0 Å². The Labute approximate surface area is 95.9 Å². The van der Waals surface area contributed by atoms with Crippen molar-refractivity contribution in [2.24, 2.45) is 0 Å². The van der Waals surface area contributed by atoms with E-state index in [1.165, 1.54) is 0 Å². The molecule has 0 amide bonds. The van der Waals surface area contributed by atoms with E-state index in [9.17, 15) is 4.79 Å². The van der Waals surface area contributed by atoms with Crippen LogP contribution < -0.4 is 0 Å². The fourth-order valence-electron chi connectivity index (χ4n) is 2.00. The average molecular weight is 216 g/mol. The monoisotopic (exact) mass is 216 g/mol. The van der Waals surface area contributed by atoms with Crippen molar-refractivity contribution in [2.75, 3.05) is 7.11 Å². The lowest BCUT2D eigenvalue weighted by molar-refractivity contribution is -0.119. The molecular weight excluding hydrogens is 200 g/mol. The van der Waals surface area contributed by atoms with Crippen LogP contribution in [-0.2, 0) is 9.53 Å². The predicted molar refractivity (Wildman–Crippen MR) is 64.1 cm³/mol. The Morgan fingerprint density at radius 1 is 1.31 bits per heavy atom. The van der Waals surface area contributed by atoms with Crippen molar-refractivity contribution in [3.05, 3.63) is 41.5 Å². The Balaban J connectivity index is 2.12. The molecule has 0 saturated heterocycles. The van der Waals surface area contributed by atoms with Crippen molar-refractivity contribution in [3.63, 3.8) is 0 Å². The number of ketones is 1. The number of benzene rings is 1. The van der Waals surface area contributed by atoms with Gasteiger partial charge in [0.25, 0.3) is 0 Å². The van der Waals surface area contributed by atoms with Gasteiger partial charge in [0.1, 0.15) is 0 Å². The van der Waals surface area contributed by atoms with E-state index in [-0.39, 0.29) is 11.9 Å². The van der Waals surface area contributed by atoms with E-state index in [1.807, 2.05) is 36.4 Å². The molecule has 1 atom stereocenters. The minimum absolute atomic E-state index is 0.112. The summed E-state index contributed by atoms with van der Waals surface area (Å²) in [6.07, 6.45) is 4.40. The van der Waals surface area contributed by atoms with Gasteiger partial charge in [0.2, 0.25) is 0 Å². The van der Waals surface area contributed by atoms with Gasteiger partial charge in [-0.3, -0.25) is 4.79 Å². The number of carbonyl (C=O) groups is 1. The number of ether oxygens (including phenoxy) is 1. The SMILES string of the molecule is COC1CC/C(=C/c2ccccc2)C(=O)C1. The average Bonchev–Trinajstić information content (AvgIpc) is 2.33. The molecule has 84 valence electrons. The molecule has 1 unspecified atom stereocenters. The lowest BCUT2D eigenvalue weighted by Gasteiger charge is -2.21. The summed E-state index contributed by atoms with van der Waals surface area (Å²) in [5.74, 6) is 0.224. The first-order chi connectivity index (χ1) is 7.79. The summed E-state index contributed by atoms with van der Waals surface area (Å²) >= 11 is 0. The first-order valence-corrected chi connectivity index (χ1v) is 5.61. The van der Waals surface area contributed by atoms with Crippen molar-refractivity contribution in [3.8, 4) is 0 Å². The molecule has 1 fully saturated rings. The molecule has 1 saturated carbocycles. The van der Waals surface area contributed by atoms with Crippen molar-refractivity contribution in [1.29, 1.82) is 0 Å². The van der Waals surface area contributed by atoms with Crippen LogP contribution in [0.4, 0.5) is 0 Å². The Morgan fingerprint density at radius 3 is 2.69 bits per heavy atom. The van der Waals surface area contributed by atoms with Gasteiger partial charge >= 0.3 is 0 Å². The quantitative estimate of drug-likeness (QED) is 0.710. The number of methoxy groups -OCH3 is 1. The fraction of sp³-hybridized carbons (Fsp3) is 0.357. The molecule has 2 nitrogen and oxygen atoms in total. The first kappa shape index (κ1) is 11.1. The van der Waals surface area contributed by atoms with Gasteiger partial charge in [-0.1, -0.05) is 30.3 Å². The van der Waals surface area contributed by atoms with Crippen LogP contribution >= 0.6 is 0 Å². The number of allylic oxidation sites excluding steroid dienone is 1. The van der Waals surface area contributed by atoms with Crippen LogP contribution in [0, 0.1) is 0 Å². The Bertz CT molecular complexity index is 392. The number of hydrogen-bond donors (Lipinski definition) is 0. The summed E-state index contributed by atoms with van der Waals surface area (Å²) in [5.41, 5.74) is 2.03. The van der Waals surface area contributed by atoms with Crippen LogP contribution in [0.5, 0.6) is 0 Å². The zero-order valence-electron chi connectivity index (χ0n) is 9.48. The molecule has 1 aliphatic carbocycles. The summed E-state index contributed by atoms with van der Waals surface area (Å²) in [5, 5.41) is 0. The maximum atomic E-state index is 11.8. The first-order valence-electron chi connectivity index (χ1n) is 5.61. The topological polar surface area (TPSA) is 26.3 Å². The summed E-state index contributed by atoms with van der Waals surface area (Å²) in [7, 11) is 1.67. The molecule has 2 rings (SSSR count). The number of rotatable bonds is 2. The van der Waals surface area contributed by atoms with Crippen LogP contribution in [0.3, 0.4) is 0 Å². The van der Waals surface area contributed by atoms with Gasteiger partial charge < -0.3 is 4.74 Å². The largest absolute Gasteiger partial charge is 0.381 e. The number of carbonyl (C=O) groups excluding carboxylic acids is 1. The summed E-state index contributed by atoms with van der Waals surface area (Å²) < 4.78 is 5.21. The zero-order chi connectivity index (χ0) is 11.4. The van der Waals surface area contributed by atoms with Gasteiger partial charge in [0.05, 0.1) is 6.10 Å². The second-order valence-corrected chi connectivity index (χ2v) is 4.10. The van der Waals surface area contributed by atoms with Crippen LogP contribution in [-0.4, -0.2) is 19.0 Å². The minimum atomic E-state index is 0.112. The van der Waals surface area contributed by atoms with Gasteiger partial charge in [0, 0.05) is 13.5 Å². The number of Topliss-reactive ketones (excluding diaryl/α,β-unsaturated/α-hetero) is 1. The fourth-order valence-corrected chi connectivity index (χ4v) is 2.00. The molecule has 2 heteroatoms. The van der Waals surface area contributed by atoms with Crippen molar-refractivity contribution < 1.29 is 9.53 Å². The van der Waals surface area contributed by atoms with E-state index in [0.29, 0.717) is 6.42 Å². The van der Waals surface area contributed by atoms with Crippen LogP contribution in [0.25, 0.3) is 6.08 Å². The minimum Gasteiger partial charge on any atom is -0.381 e. The van der Waals surface area contributed by atoms with Crippen molar-refractivity contribution in [2.45, 2.75) is 25.4 Å². The van der Waals surface area contributed by atoms with Gasteiger partial charge in [-0.15, -0.1) is 0 Å². The molecule has 16 heavy (non-hydrogen) atoms. The zero-order valence-corrected chi connectivity index (χ0v) is 9.48. The lowest BCUT2D eigenvalue weighted by Crippen LogP contribution is -2.23. The third-order valence-corrected chi connectivity index (χ3v) is 2.98. The summed E-state index contributed by atoms with van der Waals surface area (Å²) in [6.45, 7) is 0. The second-order valence-electron chi connectivity index (χ2n) is 4.10. The highest BCUT2D eigenvalue weighted by molar-refractivity contribution is 6.00.